The summed E-state index contributed by atoms with van der Waals surface area (Å²) >= 11 is 0. The van der Waals surface area contributed by atoms with Crippen molar-refractivity contribution in [2.75, 3.05) is 0 Å². The van der Waals surface area contributed by atoms with Crippen LogP contribution in [0.1, 0.15) is 32.6 Å². The first-order valence-corrected chi connectivity index (χ1v) is 7.50. The molecular formula is C16H22O4. The van der Waals surface area contributed by atoms with Gasteiger partial charge in [0.1, 0.15) is 6.10 Å². The van der Waals surface area contributed by atoms with E-state index in [4.69, 9.17) is 4.74 Å². The molecule has 1 fully saturated rings. The highest BCUT2D eigenvalue weighted by Crippen LogP contribution is 2.44. The second-order valence-corrected chi connectivity index (χ2v) is 6.29. The highest BCUT2D eigenvalue weighted by molar-refractivity contribution is 5.71. The average molecular weight is 278 g/mol. The molecule has 6 unspecified atom stereocenters. The van der Waals surface area contributed by atoms with Crippen LogP contribution in [0.3, 0.4) is 0 Å². The number of aliphatic hydroxyl groups is 2. The predicted octanol–water partition coefficient (Wildman–Crippen LogP) is 1.57. The van der Waals surface area contributed by atoms with Crippen molar-refractivity contribution in [3.05, 3.63) is 23.8 Å². The first-order valence-electron chi connectivity index (χ1n) is 7.50. The van der Waals surface area contributed by atoms with E-state index in [9.17, 15) is 15.0 Å². The third kappa shape index (κ3) is 2.42. The van der Waals surface area contributed by atoms with Crippen molar-refractivity contribution in [1.82, 2.24) is 0 Å². The van der Waals surface area contributed by atoms with Crippen molar-refractivity contribution >= 4 is 5.97 Å². The molecule has 20 heavy (non-hydrogen) atoms. The highest BCUT2D eigenvalue weighted by Gasteiger charge is 2.45. The third-order valence-electron chi connectivity index (χ3n) is 4.87. The number of rotatable bonds is 1. The summed E-state index contributed by atoms with van der Waals surface area (Å²) in [5.41, 5.74) is 1.16. The topological polar surface area (TPSA) is 66.8 Å². The van der Waals surface area contributed by atoms with E-state index in [0.717, 1.165) is 18.4 Å². The Labute approximate surface area is 119 Å². The van der Waals surface area contributed by atoms with Gasteiger partial charge in [-0.15, -0.1) is 0 Å². The van der Waals surface area contributed by atoms with Crippen LogP contribution in [0.5, 0.6) is 0 Å². The molecule has 4 heteroatoms. The van der Waals surface area contributed by atoms with E-state index >= 15 is 0 Å². The van der Waals surface area contributed by atoms with Gasteiger partial charge in [-0.3, -0.25) is 4.79 Å². The number of hydrogen-bond donors (Lipinski definition) is 2. The number of ether oxygens (including phenoxy) is 1. The van der Waals surface area contributed by atoms with Crippen LogP contribution >= 0.6 is 0 Å². The van der Waals surface area contributed by atoms with Gasteiger partial charge in [0.05, 0.1) is 18.6 Å². The third-order valence-corrected chi connectivity index (χ3v) is 4.87. The van der Waals surface area contributed by atoms with E-state index in [2.05, 4.69) is 25.2 Å². The summed E-state index contributed by atoms with van der Waals surface area (Å²) in [4.78, 5) is 11.6. The van der Waals surface area contributed by atoms with Gasteiger partial charge in [-0.05, 0) is 24.3 Å². The summed E-state index contributed by atoms with van der Waals surface area (Å²) < 4.78 is 5.49. The van der Waals surface area contributed by atoms with Gasteiger partial charge < -0.3 is 14.9 Å². The van der Waals surface area contributed by atoms with E-state index in [1.807, 2.05) is 0 Å². The van der Waals surface area contributed by atoms with Gasteiger partial charge in [0.2, 0.25) is 0 Å². The zero-order valence-corrected chi connectivity index (χ0v) is 11.7. The Morgan fingerprint density at radius 2 is 2.15 bits per heavy atom. The molecule has 1 saturated heterocycles. The molecule has 3 rings (SSSR count). The van der Waals surface area contributed by atoms with Crippen LogP contribution in [0.4, 0.5) is 0 Å². The Bertz CT molecular complexity index is 453. The molecule has 0 spiro atoms. The second kappa shape index (κ2) is 5.34. The number of esters is 1. The maximum atomic E-state index is 11.6. The van der Waals surface area contributed by atoms with Gasteiger partial charge in [0.25, 0.3) is 0 Å². The van der Waals surface area contributed by atoms with Gasteiger partial charge in [0, 0.05) is 18.3 Å². The molecule has 2 N–H and O–H groups in total. The Balaban J connectivity index is 1.89. The first kappa shape index (κ1) is 13.8. The lowest BCUT2D eigenvalue weighted by Gasteiger charge is -2.44. The van der Waals surface area contributed by atoms with Crippen LogP contribution in [0, 0.1) is 17.8 Å². The van der Waals surface area contributed by atoms with Crippen LogP contribution < -0.4 is 0 Å². The molecule has 0 aromatic rings. The zero-order valence-electron chi connectivity index (χ0n) is 11.7. The van der Waals surface area contributed by atoms with Crippen LogP contribution in [-0.4, -0.2) is 34.5 Å². The smallest absolute Gasteiger partial charge is 0.308 e. The maximum absolute atomic E-state index is 11.6. The molecule has 0 aromatic carbocycles. The minimum absolute atomic E-state index is 0.0202. The molecule has 1 heterocycles. The van der Waals surface area contributed by atoms with Crippen molar-refractivity contribution in [2.45, 2.75) is 50.9 Å². The molecule has 1 aliphatic heterocycles. The first-order chi connectivity index (χ1) is 9.56. The summed E-state index contributed by atoms with van der Waals surface area (Å²) in [5.74, 6) is -0.0216. The fourth-order valence-electron chi connectivity index (χ4n) is 3.95. The van der Waals surface area contributed by atoms with Crippen molar-refractivity contribution in [1.29, 1.82) is 0 Å². The lowest BCUT2D eigenvalue weighted by atomic mass is 9.65. The van der Waals surface area contributed by atoms with Gasteiger partial charge in [0.15, 0.2) is 0 Å². The van der Waals surface area contributed by atoms with Crippen molar-refractivity contribution < 1.29 is 19.7 Å². The highest BCUT2D eigenvalue weighted by atomic mass is 16.5. The van der Waals surface area contributed by atoms with Gasteiger partial charge >= 0.3 is 5.97 Å². The van der Waals surface area contributed by atoms with Crippen molar-refractivity contribution in [3.63, 3.8) is 0 Å². The minimum atomic E-state index is -0.618. The predicted molar refractivity (Wildman–Crippen MR) is 73.7 cm³/mol. The molecule has 0 aromatic heterocycles. The number of fused-ring (bicyclic) bond motifs is 1. The number of allylic oxidation sites excluding steroid dienone is 3. The molecule has 0 bridgehead atoms. The Morgan fingerprint density at radius 3 is 2.90 bits per heavy atom. The SMILES string of the molecule is CC1C=CC2=CCCC(O)C2C1C1CC(O)CC(=O)O1. The molecular weight excluding hydrogens is 256 g/mol. The maximum Gasteiger partial charge on any atom is 0.308 e. The van der Waals surface area contributed by atoms with E-state index in [-0.39, 0.29) is 42.4 Å². The number of aliphatic hydroxyl groups excluding tert-OH is 2. The van der Waals surface area contributed by atoms with E-state index in [1.54, 1.807) is 0 Å². The standard InChI is InChI=1S/C16H22O4/c1-9-5-6-10-3-2-4-12(18)16(10)15(9)13-7-11(17)8-14(19)20-13/h3,5-6,9,11-13,15-18H,2,4,7-8H2,1H3. The molecule has 0 radical (unpaired) electrons. The summed E-state index contributed by atoms with van der Waals surface area (Å²) in [6.07, 6.45) is 7.31. The molecule has 0 amide bonds. The lowest BCUT2D eigenvalue weighted by molar-refractivity contribution is -0.168. The molecule has 4 nitrogen and oxygen atoms in total. The van der Waals surface area contributed by atoms with E-state index in [1.165, 1.54) is 0 Å². The number of hydrogen-bond acceptors (Lipinski definition) is 4. The normalized spacial score (nSPS) is 44.5. The lowest BCUT2D eigenvalue weighted by Crippen LogP contribution is -2.47. The molecule has 3 aliphatic rings. The molecule has 6 atom stereocenters. The summed E-state index contributed by atoms with van der Waals surface area (Å²) in [6.45, 7) is 2.09. The van der Waals surface area contributed by atoms with Crippen LogP contribution in [0.15, 0.2) is 23.8 Å². The molecule has 0 saturated carbocycles. The molecule has 110 valence electrons. The van der Waals surface area contributed by atoms with Gasteiger partial charge in [-0.2, -0.15) is 0 Å². The number of cyclic esters (lactones) is 1. The second-order valence-electron chi connectivity index (χ2n) is 6.29. The Morgan fingerprint density at radius 1 is 1.35 bits per heavy atom. The van der Waals surface area contributed by atoms with E-state index < -0.39 is 6.10 Å². The summed E-state index contributed by atoms with van der Waals surface area (Å²) in [5, 5.41) is 20.2. The fourth-order valence-corrected chi connectivity index (χ4v) is 3.95. The van der Waals surface area contributed by atoms with Crippen LogP contribution in [0.2, 0.25) is 0 Å². The average Bonchev–Trinajstić information content (AvgIpc) is 2.38. The Kier molecular flexibility index (Phi) is 3.69. The summed E-state index contributed by atoms with van der Waals surface area (Å²) in [7, 11) is 0. The van der Waals surface area contributed by atoms with Crippen LogP contribution in [-0.2, 0) is 9.53 Å². The van der Waals surface area contributed by atoms with E-state index in [0.29, 0.717) is 6.42 Å². The van der Waals surface area contributed by atoms with Gasteiger partial charge in [-0.25, -0.2) is 0 Å². The largest absolute Gasteiger partial charge is 0.462 e. The van der Waals surface area contributed by atoms with Gasteiger partial charge in [-0.1, -0.05) is 25.2 Å². The minimum Gasteiger partial charge on any atom is -0.462 e. The van der Waals surface area contributed by atoms with Crippen LogP contribution in [0.25, 0.3) is 0 Å². The number of carbonyl (C=O) groups excluding carboxylic acids is 1. The summed E-state index contributed by atoms with van der Waals surface area (Å²) in [6, 6.07) is 0. The zero-order chi connectivity index (χ0) is 14.3. The fraction of sp³-hybridized carbons (Fsp3) is 0.688. The quantitative estimate of drug-likeness (QED) is 0.715. The molecule has 2 aliphatic carbocycles. The monoisotopic (exact) mass is 278 g/mol. The Hall–Kier alpha value is -1.13. The van der Waals surface area contributed by atoms with Crippen molar-refractivity contribution in [3.8, 4) is 0 Å². The van der Waals surface area contributed by atoms with Crippen molar-refractivity contribution in [2.24, 2.45) is 17.8 Å². The number of carbonyl (C=O) groups is 1.